The SMILES string of the molecule is CC[C@@H](c1ccccc1)[C@@H]1CCCN1C(=O)CCc1nc(-c2cccnc2)no1. The number of amides is 1. The van der Waals surface area contributed by atoms with E-state index in [2.05, 4.69) is 51.2 Å². The standard InChI is InChI=1S/C23H26N4O2/c1-2-19(17-8-4-3-5-9-17)20-11-7-15-27(20)22(28)13-12-21-25-23(26-29-21)18-10-6-14-24-16-18/h3-6,8-10,14,16,19-20H,2,7,11-13,15H2,1H3/t19-,20-/m0/s1. The maximum Gasteiger partial charge on any atom is 0.227 e. The van der Waals surface area contributed by atoms with E-state index in [1.165, 1.54) is 5.56 Å². The summed E-state index contributed by atoms with van der Waals surface area (Å²) in [5, 5.41) is 4.01. The van der Waals surface area contributed by atoms with Crippen molar-refractivity contribution < 1.29 is 9.32 Å². The molecule has 1 aliphatic heterocycles. The minimum absolute atomic E-state index is 0.169. The molecule has 29 heavy (non-hydrogen) atoms. The fourth-order valence-electron chi connectivity index (χ4n) is 4.28. The summed E-state index contributed by atoms with van der Waals surface area (Å²) in [7, 11) is 0. The van der Waals surface area contributed by atoms with Crippen molar-refractivity contribution in [2.45, 2.75) is 51.0 Å². The van der Waals surface area contributed by atoms with Crippen LogP contribution >= 0.6 is 0 Å². The second kappa shape index (κ2) is 8.99. The molecule has 6 nitrogen and oxygen atoms in total. The van der Waals surface area contributed by atoms with Crippen molar-refractivity contribution in [1.29, 1.82) is 0 Å². The van der Waals surface area contributed by atoms with E-state index in [0.717, 1.165) is 31.4 Å². The quantitative estimate of drug-likeness (QED) is 0.603. The smallest absolute Gasteiger partial charge is 0.227 e. The first-order chi connectivity index (χ1) is 14.3. The van der Waals surface area contributed by atoms with E-state index in [9.17, 15) is 4.79 Å². The van der Waals surface area contributed by atoms with Gasteiger partial charge in [-0.05, 0) is 37.0 Å². The molecule has 6 heteroatoms. The number of rotatable bonds is 7. The van der Waals surface area contributed by atoms with Gasteiger partial charge in [0.05, 0.1) is 0 Å². The topological polar surface area (TPSA) is 72.1 Å². The summed E-state index contributed by atoms with van der Waals surface area (Å²) in [6, 6.07) is 14.5. The number of nitrogens with zero attached hydrogens (tertiary/aromatic N) is 4. The first-order valence-corrected chi connectivity index (χ1v) is 10.3. The van der Waals surface area contributed by atoms with Gasteiger partial charge in [-0.3, -0.25) is 9.78 Å². The first kappa shape index (κ1) is 19.3. The van der Waals surface area contributed by atoms with Crippen LogP contribution in [0.1, 0.15) is 50.0 Å². The van der Waals surface area contributed by atoms with Gasteiger partial charge in [0, 0.05) is 49.3 Å². The Morgan fingerprint density at radius 2 is 2.10 bits per heavy atom. The Hall–Kier alpha value is -3.02. The molecule has 3 aromatic rings. The summed E-state index contributed by atoms with van der Waals surface area (Å²) in [5.74, 6) is 1.55. The lowest BCUT2D eigenvalue weighted by atomic mass is 9.87. The minimum Gasteiger partial charge on any atom is -0.339 e. The molecule has 1 aromatic carbocycles. The Bertz CT molecular complexity index is 926. The van der Waals surface area contributed by atoms with Gasteiger partial charge in [-0.2, -0.15) is 4.98 Å². The number of hydrogen-bond acceptors (Lipinski definition) is 5. The van der Waals surface area contributed by atoms with E-state index >= 15 is 0 Å². The maximum absolute atomic E-state index is 13.0. The molecule has 1 saturated heterocycles. The van der Waals surface area contributed by atoms with Gasteiger partial charge in [0.15, 0.2) is 0 Å². The zero-order chi connectivity index (χ0) is 20.1. The van der Waals surface area contributed by atoms with Crippen molar-refractivity contribution in [2.75, 3.05) is 6.54 Å². The van der Waals surface area contributed by atoms with Gasteiger partial charge in [0.25, 0.3) is 0 Å². The highest BCUT2D eigenvalue weighted by Gasteiger charge is 2.34. The van der Waals surface area contributed by atoms with Crippen LogP contribution in [0.25, 0.3) is 11.4 Å². The van der Waals surface area contributed by atoms with Gasteiger partial charge < -0.3 is 9.42 Å². The molecule has 2 atom stereocenters. The average Bonchev–Trinajstić information content (AvgIpc) is 3.44. The third-order valence-corrected chi connectivity index (χ3v) is 5.69. The van der Waals surface area contributed by atoms with Crippen LogP contribution in [0.4, 0.5) is 0 Å². The molecule has 1 fully saturated rings. The molecule has 0 N–H and O–H groups in total. The van der Waals surface area contributed by atoms with E-state index in [1.807, 2.05) is 18.2 Å². The Morgan fingerprint density at radius 1 is 1.24 bits per heavy atom. The van der Waals surface area contributed by atoms with Gasteiger partial charge in [0.2, 0.25) is 17.6 Å². The number of carbonyl (C=O) groups is 1. The molecule has 0 spiro atoms. The van der Waals surface area contributed by atoms with Crippen LogP contribution in [-0.4, -0.2) is 38.5 Å². The molecule has 4 rings (SSSR count). The van der Waals surface area contributed by atoms with Gasteiger partial charge in [-0.25, -0.2) is 0 Å². The van der Waals surface area contributed by atoms with Gasteiger partial charge in [-0.1, -0.05) is 42.4 Å². The van der Waals surface area contributed by atoms with Crippen LogP contribution in [-0.2, 0) is 11.2 Å². The number of hydrogen-bond donors (Lipinski definition) is 0. The lowest BCUT2D eigenvalue weighted by Gasteiger charge is -2.31. The van der Waals surface area contributed by atoms with Gasteiger partial charge >= 0.3 is 0 Å². The molecule has 0 unspecified atom stereocenters. The lowest BCUT2D eigenvalue weighted by Crippen LogP contribution is -2.39. The molecule has 0 radical (unpaired) electrons. The van der Waals surface area contributed by atoms with Crippen molar-refractivity contribution in [1.82, 2.24) is 20.0 Å². The number of likely N-dealkylation sites (tertiary alicyclic amines) is 1. The highest BCUT2D eigenvalue weighted by Crippen LogP contribution is 2.34. The molecular weight excluding hydrogens is 364 g/mol. The number of pyridine rings is 1. The summed E-state index contributed by atoms with van der Waals surface area (Å²) in [6.45, 7) is 3.04. The minimum atomic E-state index is 0.169. The van der Waals surface area contributed by atoms with Crippen molar-refractivity contribution >= 4 is 5.91 Å². The van der Waals surface area contributed by atoms with E-state index in [1.54, 1.807) is 12.4 Å². The molecular formula is C23H26N4O2. The van der Waals surface area contributed by atoms with E-state index in [-0.39, 0.29) is 11.9 Å². The fourth-order valence-corrected chi connectivity index (χ4v) is 4.28. The summed E-state index contributed by atoms with van der Waals surface area (Å²) in [6.07, 6.45) is 7.39. The molecule has 0 saturated carbocycles. The van der Waals surface area contributed by atoms with E-state index in [4.69, 9.17) is 4.52 Å². The van der Waals surface area contributed by atoms with Crippen LogP contribution in [0.2, 0.25) is 0 Å². The number of benzene rings is 1. The van der Waals surface area contributed by atoms with Crippen LogP contribution in [0, 0.1) is 0 Å². The number of aromatic nitrogens is 3. The van der Waals surface area contributed by atoms with E-state index < -0.39 is 0 Å². The molecule has 0 aliphatic carbocycles. The van der Waals surface area contributed by atoms with Crippen molar-refractivity contribution in [2.24, 2.45) is 0 Å². The molecule has 0 bridgehead atoms. The van der Waals surface area contributed by atoms with E-state index in [0.29, 0.717) is 30.5 Å². The Labute approximate surface area is 171 Å². The van der Waals surface area contributed by atoms with Gasteiger partial charge in [-0.15, -0.1) is 0 Å². The predicted octanol–water partition coefficient (Wildman–Crippen LogP) is 4.25. The number of aryl methyl sites for hydroxylation is 1. The monoisotopic (exact) mass is 390 g/mol. The third kappa shape index (κ3) is 4.36. The summed E-state index contributed by atoms with van der Waals surface area (Å²) < 4.78 is 5.34. The van der Waals surface area contributed by atoms with Gasteiger partial charge in [0.1, 0.15) is 0 Å². The molecule has 1 aliphatic rings. The average molecular weight is 390 g/mol. The lowest BCUT2D eigenvalue weighted by molar-refractivity contribution is -0.132. The summed E-state index contributed by atoms with van der Waals surface area (Å²) in [4.78, 5) is 23.5. The third-order valence-electron chi connectivity index (χ3n) is 5.69. The number of carbonyl (C=O) groups excluding carboxylic acids is 1. The van der Waals surface area contributed by atoms with Crippen LogP contribution < -0.4 is 0 Å². The highest BCUT2D eigenvalue weighted by atomic mass is 16.5. The molecule has 1 amide bonds. The maximum atomic E-state index is 13.0. The zero-order valence-corrected chi connectivity index (χ0v) is 16.7. The predicted molar refractivity (Wildman–Crippen MR) is 110 cm³/mol. The van der Waals surface area contributed by atoms with Crippen LogP contribution in [0.5, 0.6) is 0 Å². The molecule has 2 aromatic heterocycles. The normalized spacial score (nSPS) is 17.4. The van der Waals surface area contributed by atoms with Crippen molar-refractivity contribution in [3.63, 3.8) is 0 Å². The molecule has 150 valence electrons. The largest absolute Gasteiger partial charge is 0.339 e. The van der Waals surface area contributed by atoms with Crippen LogP contribution in [0.15, 0.2) is 59.4 Å². The Kier molecular flexibility index (Phi) is 5.98. The summed E-state index contributed by atoms with van der Waals surface area (Å²) in [5.41, 5.74) is 2.12. The summed E-state index contributed by atoms with van der Waals surface area (Å²) >= 11 is 0. The first-order valence-electron chi connectivity index (χ1n) is 10.3. The Morgan fingerprint density at radius 3 is 2.86 bits per heavy atom. The second-order valence-corrected chi connectivity index (χ2v) is 7.48. The molecule has 3 heterocycles. The zero-order valence-electron chi connectivity index (χ0n) is 16.7. The van der Waals surface area contributed by atoms with Crippen molar-refractivity contribution in [3.8, 4) is 11.4 Å². The second-order valence-electron chi connectivity index (χ2n) is 7.48. The highest BCUT2D eigenvalue weighted by molar-refractivity contribution is 5.77. The van der Waals surface area contributed by atoms with Crippen LogP contribution in [0.3, 0.4) is 0 Å². The van der Waals surface area contributed by atoms with Crippen molar-refractivity contribution in [3.05, 3.63) is 66.3 Å². The Balaban J connectivity index is 1.40. The fraction of sp³-hybridized carbons (Fsp3) is 0.391.